The Hall–Kier alpha value is -3.61. The molecule has 8 nitrogen and oxygen atoms in total. The third-order valence-corrected chi connectivity index (χ3v) is 7.04. The van der Waals surface area contributed by atoms with Crippen LogP contribution in [0.25, 0.3) is 11.3 Å². The second-order valence-electron chi connectivity index (χ2n) is 8.33. The number of carbonyl (C=O) groups excluding carboxylic acids is 1. The number of aryl methyl sites for hydroxylation is 1. The Bertz CT molecular complexity index is 1630. The number of hydrogen-bond acceptors (Lipinski definition) is 7. The van der Waals surface area contributed by atoms with E-state index in [1.54, 1.807) is 19.9 Å². The topological polar surface area (TPSA) is 110 Å². The monoisotopic (exact) mass is 578 g/mol. The fourth-order valence-electron chi connectivity index (χ4n) is 3.67. The number of nitrogens with one attached hydrogen (secondary N) is 2. The SMILES string of the molecule is Cc1sc(C(=O)Nc2cc(Cl)cc(NS(C)(=O)=O)c2)cc1-c1ncc(F)cc1[C@H](C)Oc1cncc(F)c1. The highest BCUT2D eigenvalue weighted by molar-refractivity contribution is 7.92. The van der Waals surface area contributed by atoms with Crippen LogP contribution in [0.2, 0.25) is 5.02 Å². The first kappa shape index (κ1) is 27.4. The maximum Gasteiger partial charge on any atom is 0.265 e. The summed E-state index contributed by atoms with van der Waals surface area (Å²) >= 11 is 7.28. The number of halogens is 3. The number of sulfonamides is 1. The molecule has 4 aromatic rings. The van der Waals surface area contributed by atoms with E-state index < -0.39 is 33.7 Å². The first-order chi connectivity index (χ1) is 17.9. The number of ether oxygens (including phenoxy) is 1. The minimum atomic E-state index is -3.55. The van der Waals surface area contributed by atoms with E-state index in [0.29, 0.717) is 21.7 Å². The van der Waals surface area contributed by atoms with Crippen molar-refractivity contribution in [1.82, 2.24) is 9.97 Å². The van der Waals surface area contributed by atoms with Crippen LogP contribution in [-0.4, -0.2) is 30.5 Å². The van der Waals surface area contributed by atoms with Gasteiger partial charge in [-0.2, -0.15) is 0 Å². The van der Waals surface area contributed by atoms with E-state index in [4.69, 9.17) is 16.3 Å². The molecule has 0 bridgehead atoms. The summed E-state index contributed by atoms with van der Waals surface area (Å²) in [6.45, 7) is 3.46. The first-order valence-electron chi connectivity index (χ1n) is 11.0. The van der Waals surface area contributed by atoms with Crippen LogP contribution in [0, 0.1) is 18.6 Å². The molecule has 13 heteroatoms. The molecule has 3 aromatic heterocycles. The number of thiophene rings is 1. The number of pyridine rings is 2. The van der Waals surface area contributed by atoms with Crippen LogP contribution in [0.1, 0.15) is 33.1 Å². The highest BCUT2D eigenvalue weighted by atomic mass is 35.5. The largest absolute Gasteiger partial charge is 0.484 e. The van der Waals surface area contributed by atoms with Gasteiger partial charge in [0.15, 0.2) is 0 Å². The lowest BCUT2D eigenvalue weighted by atomic mass is 10.0. The number of amides is 1. The molecule has 0 saturated carbocycles. The molecule has 4 rings (SSSR count). The Morgan fingerprint density at radius 3 is 2.47 bits per heavy atom. The van der Waals surface area contributed by atoms with Crippen molar-refractivity contribution in [2.24, 2.45) is 0 Å². The Morgan fingerprint density at radius 1 is 1.05 bits per heavy atom. The van der Waals surface area contributed by atoms with Gasteiger partial charge in [-0.15, -0.1) is 11.3 Å². The smallest absolute Gasteiger partial charge is 0.265 e. The number of nitrogens with zero attached hydrogens (tertiary/aromatic N) is 2. The lowest BCUT2D eigenvalue weighted by Crippen LogP contribution is -2.12. The second-order valence-corrected chi connectivity index (χ2v) is 11.8. The van der Waals surface area contributed by atoms with Crippen LogP contribution in [0.5, 0.6) is 5.75 Å². The van der Waals surface area contributed by atoms with Crippen molar-refractivity contribution in [3.63, 3.8) is 0 Å². The van der Waals surface area contributed by atoms with Crippen molar-refractivity contribution in [3.05, 3.63) is 87.0 Å². The molecule has 198 valence electrons. The summed E-state index contributed by atoms with van der Waals surface area (Å²) in [5, 5.41) is 2.93. The fraction of sp³-hybridized carbons (Fsp3) is 0.160. The Balaban J connectivity index is 1.62. The molecule has 0 aliphatic rings. The zero-order valence-corrected chi connectivity index (χ0v) is 22.6. The predicted molar refractivity (Wildman–Crippen MR) is 143 cm³/mol. The molecule has 0 radical (unpaired) electrons. The molecular weight excluding hydrogens is 558 g/mol. The van der Waals surface area contributed by atoms with E-state index in [1.807, 2.05) is 0 Å². The Morgan fingerprint density at radius 2 is 1.76 bits per heavy atom. The molecule has 1 aromatic carbocycles. The summed E-state index contributed by atoms with van der Waals surface area (Å²) in [5.74, 6) is -1.45. The Kier molecular flexibility index (Phi) is 7.95. The number of hydrogen-bond donors (Lipinski definition) is 2. The van der Waals surface area contributed by atoms with Crippen LogP contribution < -0.4 is 14.8 Å². The lowest BCUT2D eigenvalue weighted by Gasteiger charge is -2.18. The van der Waals surface area contributed by atoms with E-state index >= 15 is 0 Å². The minimum Gasteiger partial charge on any atom is -0.484 e. The zero-order chi connectivity index (χ0) is 27.6. The summed E-state index contributed by atoms with van der Waals surface area (Å²) in [5.41, 5.74) is 1.87. The molecule has 0 aliphatic carbocycles. The molecule has 38 heavy (non-hydrogen) atoms. The maximum absolute atomic E-state index is 14.2. The van der Waals surface area contributed by atoms with E-state index in [9.17, 15) is 22.0 Å². The molecule has 0 saturated heterocycles. The van der Waals surface area contributed by atoms with Gasteiger partial charge in [0, 0.05) is 32.8 Å². The van der Waals surface area contributed by atoms with Gasteiger partial charge in [-0.3, -0.25) is 19.5 Å². The van der Waals surface area contributed by atoms with Crippen molar-refractivity contribution in [2.75, 3.05) is 16.3 Å². The van der Waals surface area contributed by atoms with Gasteiger partial charge < -0.3 is 10.1 Å². The van der Waals surface area contributed by atoms with Crippen molar-refractivity contribution in [3.8, 4) is 17.0 Å². The number of rotatable bonds is 8. The molecular formula is C25H21ClF2N4O4S2. The quantitative estimate of drug-likeness (QED) is 0.257. The summed E-state index contributed by atoms with van der Waals surface area (Å²) in [6, 6.07) is 8.40. The van der Waals surface area contributed by atoms with Gasteiger partial charge in [0.05, 0.1) is 41.1 Å². The van der Waals surface area contributed by atoms with Crippen molar-refractivity contribution >= 4 is 50.2 Å². The predicted octanol–water partition coefficient (Wildman–Crippen LogP) is 6.21. The van der Waals surface area contributed by atoms with Crippen molar-refractivity contribution in [2.45, 2.75) is 20.0 Å². The van der Waals surface area contributed by atoms with E-state index in [0.717, 1.165) is 23.5 Å². The van der Waals surface area contributed by atoms with Gasteiger partial charge in [0.25, 0.3) is 5.91 Å². The minimum absolute atomic E-state index is 0.168. The van der Waals surface area contributed by atoms with Gasteiger partial charge in [-0.05, 0) is 44.2 Å². The zero-order valence-electron chi connectivity index (χ0n) is 20.3. The van der Waals surface area contributed by atoms with Gasteiger partial charge >= 0.3 is 0 Å². The van der Waals surface area contributed by atoms with Crippen LogP contribution in [0.4, 0.5) is 20.2 Å². The number of anilines is 2. The standard InChI is InChI=1S/C25H21ClF2N4O4S2/c1-13(36-20-6-16(27)10-29-12-20)21-7-17(28)11-30-24(21)22-9-23(37-14(22)2)25(33)31-18-4-15(26)5-19(8-18)32-38(3,34)35/h4-13,32H,1-3H3,(H,31,33)/t13-/m0/s1. The summed E-state index contributed by atoms with van der Waals surface area (Å²) in [7, 11) is -3.55. The second kappa shape index (κ2) is 11.0. The molecule has 0 aliphatic heterocycles. The molecule has 0 unspecified atom stereocenters. The lowest BCUT2D eigenvalue weighted by molar-refractivity contribution is 0.103. The summed E-state index contributed by atoms with van der Waals surface area (Å²) < 4.78 is 58.9. The fourth-order valence-corrected chi connectivity index (χ4v) is 5.37. The number of aromatic nitrogens is 2. The molecule has 0 fully saturated rings. The highest BCUT2D eigenvalue weighted by Gasteiger charge is 2.22. The van der Waals surface area contributed by atoms with Gasteiger partial charge in [-0.25, -0.2) is 17.2 Å². The average molecular weight is 579 g/mol. The normalized spacial score (nSPS) is 12.2. The molecule has 2 N–H and O–H groups in total. The third kappa shape index (κ3) is 6.82. The van der Waals surface area contributed by atoms with Gasteiger partial charge in [0.1, 0.15) is 23.5 Å². The average Bonchev–Trinajstić information content (AvgIpc) is 3.19. The maximum atomic E-state index is 14.2. The van der Waals surface area contributed by atoms with Crippen molar-refractivity contribution in [1.29, 1.82) is 0 Å². The van der Waals surface area contributed by atoms with Crippen LogP contribution in [0.3, 0.4) is 0 Å². The molecule has 1 amide bonds. The van der Waals surface area contributed by atoms with Crippen LogP contribution >= 0.6 is 22.9 Å². The van der Waals surface area contributed by atoms with Gasteiger partial charge in [-0.1, -0.05) is 11.6 Å². The van der Waals surface area contributed by atoms with Gasteiger partial charge in [0.2, 0.25) is 10.0 Å². The van der Waals surface area contributed by atoms with E-state index in [1.165, 1.54) is 47.9 Å². The molecule has 1 atom stereocenters. The first-order valence-corrected chi connectivity index (χ1v) is 14.1. The molecule has 0 spiro atoms. The van der Waals surface area contributed by atoms with Crippen molar-refractivity contribution < 1.29 is 26.7 Å². The van der Waals surface area contributed by atoms with Crippen LogP contribution in [0.15, 0.2) is 55.0 Å². The summed E-state index contributed by atoms with van der Waals surface area (Å²) in [6.07, 6.45) is 3.73. The van der Waals surface area contributed by atoms with Crippen LogP contribution in [-0.2, 0) is 10.0 Å². The number of benzene rings is 1. The Labute approximate surface area is 226 Å². The molecule has 3 heterocycles. The summed E-state index contributed by atoms with van der Waals surface area (Å²) in [4.78, 5) is 22.1. The third-order valence-electron chi connectivity index (χ3n) is 5.17. The highest BCUT2D eigenvalue weighted by Crippen LogP contribution is 2.36. The van der Waals surface area contributed by atoms with E-state index in [-0.39, 0.29) is 22.1 Å². The van der Waals surface area contributed by atoms with E-state index in [2.05, 4.69) is 20.0 Å². The number of carbonyl (C=O) groups is 1.